The largest absolute Gasteiger partial charge is 0.377 e. The van der Waals surface area contributed by atoms with Crippen LogP contribution in [0.2, 0.25) is 0 Å². The van der Waals surface area contributed by atoms with Crippen molar-refractivity contribution in [3.05, 3.63) is 29.7 Å². The molecule has 9 nitrogen and oxygen atoms in total. The van der Waals surface area contributed by atoms with Crippen LogP contribution in [0.5, 0.6) is 0 Å². The van der Waals surface area contributed by atoms with Crippen molar-refractivity contribution >= 4 is 5.91 Å². The van der Waals surface area contributed by atoms with Crippen molar-refractivity contribution in [1.29, 1.82) is 0 Å². The van der Waals surface area contributed by atoms with E-state index in [4.69, 9.17) is 9.26 Å². The molecule has 0 saturated carbocycles. The number of hydrogen-bond acceptors (Lipinski definition) is 7. The molecule has 2 N–H and O–H groups in total. The molecule has 130 valence electrons. The minimum absolute atomic E-state index is 0.155. The van der Waals surface area contributed by atoms with Crippen molar-refractivity contribution in [3.63, 3.8) is 0 Å². The van der Waals surface area contributed by atoms with Gasteiger partial charge < -0.3 is 19.9 Å². The molecule has 3 heterocycles. The second-order valence-electron chi connectivity index (χ2n) is 5.80. The van der Waals surface area contributed by atoms with E-state index in [1.165, 1.54) is 0 Å². The molecule has 1 unspecified atom stereocenters. The Morgan fingerprint density at radius 2 is 2.50 bits per heavy atom. The lowest BCUT2D eigenvalue weighted by Crippen LogP contribution is -2.29. The number of hydrogen-bond donors (Lipinski definition) is 2. The highest BCUT2D eigenvalue weighted by molar-refractivity contribution is 5.75. The van der Waals surface area contributed by atoms with Gasteiger partial charge in [-0.15, -0.1) is 0 Å². The van der Waals surface area contributed by atoms with Crippen LogP contribution in [0.4, 0.5) is 0 Å². The highest BCUT2D eigenvalue weighted by atomic mass is 16.5. The molecular formula is C15H22N6O3. The summed E-state index contributed by atoms with van der Waals surface area (Å²) in [5, 5.41) is 14.4. The van der Waals surface area contributed by atoms with Gasteiger partial charge in [0.25, 0.3) is 0 Å². The molecule has 0 radical (unpaired) electrons. The van der Waals surface area contributed by atoms with Crippen LogP contribution in [-0.4, -0.2) is 46.0 Å². The summed E-state index contributed by atoms with van der Waals surface area (Å²) < 4.78 is 11.6. The standard InChI is InChI=1S/C15H22N6O3/c1-23-10-13-18-15(24-20-13)8-17-14(22)9-21-6-4-12(19-21)11-3-2-5-16-7-11/h4,6,11,16H,2-3,5,7-10H2,1H3,(H,17,22). The fourth-order valence-electron chi connectivity index (χ4n) is 2.71. The lowest BCUT2D eigenvalue weighted by Gasteiger charge is -2.20. The Morgan fingerprint density at radius 3 is 3.29 bits per heavy atom. The van der Waals surface area contributed by atoms with Crippen LogP contribution in [0.3, 0.4) is 0 Å². The lowest BCUT2D eigenvalue weighted by molar-refractivity contribution is -0.122. The third-order valence-corrected chi connectivity index (χ3v) is 3.90. The zero-order valence-corrected chi connectivity index (χ0v) is 13.7. The minimum atomic E-state index is -0.155. The van der Waals surface area contributed by atoms with Gasteiger partial charge in [-0.2, -0.15) is 10.1 Å². The molecule has 9 heteroatoms. The lowest BCUT2D eigenvalue weighted by atomic mass is 9.97. The molecule has 1 atom stereocenters. The maximum Gasteiger partial charge on any atom is 0.246 e. The smallest absolute Gasteiger partial charge is 0.246 e. The van der Waals surface area contributed by atoms with Crippen molar-refractivity contribution in [2.24, 2.45) is 0 Å². The maximum absolute atomic E-state index is 12.0. The van der Waals surface area contributed by atoms with Crippen molar-refractivity contribution in [3.8, 4) is 0 Å². The predicted molar refractivity (Wildman–Crippen MR) is 83.9 cm³/mol. The van der Waals surface area contributed by atoms with Crippen LogP contribution in [0.25, 0.3) is 0 Å². The molecule has 24 heavy (non-hydrogen) atoms. The van der Waals surface area contributed by atoms with Gasteiger partial charge in [0.1, 0.15) is 13.2 Å². The molecule has 0 bridgehead atoms. The molecule has 2 aromatic rings. The van der Waals surface area contributed by atoms with Gasteiger partial charge in [0.2, 0.25) is 11.8 Å². The van der Waals surface area contributed by atoms with Crippen LogP contribution in [0.15, 0.2) is 16.8 Å². The molecule has 1 aliphatic rings. The molecule has 2 aromatic heterocycles. The third-order valence-electron chi connectivity index (χ3n) is 3.90. The second kappa shape index (κ2) is 8.02. The topological polar surface area (TPSA) is 107 Å². The first kappa shape index (κ1) is 16.6. The number of carbonyl (C=O) groups excluding carboxylic acids is 1. The van der Waals surface area contributed by atoms with Crippen LogP contribution < -0.4 is 10.6 Å². The van der Waals surface area contributed by atoms with Gasteiger partial charge in [0.05, 0.1) is 12.2 Å². The van der Waals surface area contributed by atoms with Gasteiger partial charge in [-0.05, 0) is 25.5 Å². The molecule has 0 aliphatic carbocycles. The molecule has 1 amide bonds. The van der Waals surface area contributed by atoms with Crippen LogP contribution in [-0.2, 0) is 29.2 Å². The summed E-state index contributed by atoms with van der Waals surface area (Å²) in [7, 11) is 1.56. The van der Waals surface area contributed by atoms with E-state index in [-0.39, 0.29) is 25.6 Å². The van der Waals surface area contributed by atoms with E-state index in [9.17, 15) is 4.79 Å². The fourth-order valence-corrected chi connectivity index (χ4v) is 2.71. The van der Waals surface area contributed by atoms with Crippen molar-refractivity contribution < 1.29 is 14.1 Å². The minimum Gasteiger partial charge on any atom is -0.377 e. The van der Waals surface area contributed by atoms with Gasteiger partial charge in [-0.25, -0.2) is 0 Å². The average molecular weight is 334 g/mol. The van der Waals surface area contributed by atoms with E-state index < -0.39 is 0 Å². The average Bonchev–Trinajstić information content (AvgIpc) is 3.24. The number of aromatic nitrogens is 4. The van der Waals surface area contributed by atoms with E-state index in [2.05, 4.69) is 25.9 Å². The number of carbonyl (C=O) groups is 1. The molecule has 1 aliphatic heterocycles. The zero-order valence-electron chi connectivity index (χ0n) is 13.7. The molecule has 1 saturated heterocycles. The Morgan fingerprint density at radius 1 is 1.58 bits per heavy atom. The number of nitrogens with one attached hydrogen (secondary N) is 2. The first-order valence-electron chi connectivity index (χ1n) is 8.06. The number of ether oxygens (including phenoxy) is 1. The summed E-state index contributed by atoms with van der Waals surface area (Å²) in [6.07, 6.45) is 4.14. The quantitative estimate of drug-likeness (QED) is 0.744. The predicted octanol–water partition coefficient (Wildman–Crippen LogP) is 0.196. The van der Waals surface area contributed by atoms with Crippen molar-refractivity contribution in [1.82, 2.24) is 30.6 Å². The van der Waals surface area contributed by atoms with Crippen LogP contribution in [0.1, 0.15) is 36.2 Å². The maximum atomic E-state index is 12.0. The molecular weight excluding hydrogens is 312 g/mol. The summed E-state index contributed by atoms with van der Waals surface area (Å²) >= 11 is 0. The third kappa shape index (κ3) is 4.39. The van der Waals surface area contributed by atoms with Crippen molar-refractivity contribution in [2.45, 2.75) is 38.5 Å². The highest BCUT2D eigenvalue weighted by Crippen LogP contribution is 2.21. The second-order valence-corrected chi connectivity index (χ2v) is 5.80. The summed E-state index contributed by atoms with van der Waals surface area (Å²) in [4.78, 5) is 16.1. The first-order chi connectivity index (χ1) is 11.7. The summed E-state index contributed by atoms with van der Waals surface area (Å²) in [6.45, 7) is 2.66. The van der Waals surface area contributed by atoms with E-state index in [0.29, 0.717) is 17.6 Å². The van der Waals surface area contributed by atoms with E-state index >= 15 is 0 Å². The van der Waals surface area contributed by atoms with E-state index in [0.717, 1.165) is 31.6 Å². The SMILES string of the molecule is COCc1noc(CNC(=O)Cn2ccc(C3CCCNC3)n2)n1. The Bertz CT molecular complexity index is 662. The van der Waals surface area contributed by atoms with Gasteiger partial charge >= 0.3 is 0 Å². The molecule has 0 spiro atoms. The fraction of sp³-hybridized carbons (Fsp3) is 0.600. The van der Waals surface area contributed by atoms with Gasteiger partial charge in [-0.3, -0.25) is 9.48 Å². The number of amides is 1. The Balaban J connectivity index is 1.46. The summed E-state index contributed by atoms with van der Waals surface area (Å²) in [6, 6.07) is 1.99. The number of methoxy groups -OCH3 is 1. The van der Waals surface area contributed by atoms with Gasteiger partial charge in [0, 0.05) is 25.8 Å². The summed E-state index contributed by atoms with van der Waals surface area (Å²) in [5.74, 6) is 1.09. The Labute approximate surface area is 139 Å². The van der Waals surface area contributed by atoms with Crippen LogP contribution in [0, 0.1) is 0 Å². The molecule has 1 fully saturated rings. The zero-order chi connectivity index (χ0) is 16.8. The van der Waals surface area contributed by atoms with Crippen molar-refractivity contribution in [2.75, 3.05) is 20.2 Å². The van der Waals surface area contributed by atoms with Gasteiger partial charge in [0.15, 0.2) is 5.82 Å². The highest BCUT2D eigenvalue weighted by Gasteiger charge is 2.18. The number of nitrogens with zero attached hydrogens (tertiary/aromatic N) is 4. The Kier molecular flexibility index (Phi) is 5.55. The first-order valence-corrected chi connectivity index (χ1v) is 8.06. The normalized spacial score (nSPS) is 17.8. The molecule has 0 aromatic carbocycles. The van der Waals surface area contributed by atoms with E-state index in [1.807, 2.05) is 12.3 Å². The van der Waals surface area contributed by atoms with E-state index in [1.54, 1.807) is 11.8 Å². The van der Waals surface area contributed by atoms with Gasteiger partial charge in [-0.1, -0.05) is 5.16 Å². The monoisotopic (exact) mass is 334 g/mol. The number of rotatable bonds is 7. The Hall–Kier alpha value is -2.26. The summed E-state index contributed by atoms with van der Waals surface area (Å²) in [5.41, 5.74) is 1.04. The number of piperidine rings is 1. The molecule has 3 rings (SSSR count). The van der Waals surface area contributed by atoms with Crippen LogP contribution >= 0.6 is 0 Å².